The number of amides is 1. The van der Waals surface area contributed by atoms with Crippen molar-refractivity contribution in [3.8, 4) is 22.7 Å². The number of halogens is 1. The lowest BCUT2D eigenvalue weighted by Gasteiger charge is -2.19. The van der Waals surface area contributed by atoms with Gasteiger partial charge in [-0.1, -0.05) is 11.6 Å². The van der Waals surface area contributed by atoms with E-state index < -0.39 is 5.91 Å². The second kappa shape index (κ2) is 10.3. The Hall–Kier alpha value is -3.29. The van der Waals surface area contributed by atoms with Crippen LogP contribution >= 0.6 is 11.6 Å². The number of hydrogen-bond acceptors (Lipinski definition) is 5. The van der Waals surface area contributed by atoms with Crippen molar-refractivity contribution in [1.82, 2.24) is 4.57 Å². The Kier molecular flexibility index (Phi) is 7.56. The lowest BCUT2D eigenvalue weighted by molar-refractivity contribution is -0.143. The molecule has 1 aromatic heterocycles. The standard InChI is InChI=1S/C24H26ClN3O4/c1-3-32-23(29)11-7-18-6-10-21(19-8-5-17(25)13-22(19)31-2)28(18)20-9-4-15(24(27)30)12-16(20)14-26/h4-6,8-10,12-13H,3,7,11,14,26H2,1-2H3,(H2,27,30). The maximum Gasteiger partial charge on any atom is 0.306 e. The third kappa shape index (κ3) is 4.95. The predicted molar refractivity (Wildman–Crippen MR) is 124 cm³/mol. The van der Waals surface area contributed by atoms with Gasteiger partial charge in [0.05, 0.1) is 31.5 Å². The minimum atomic E-state index is -0.527. The lowest BCUT2D eigenvalue weighted by Crippen LogP contribution is -2.15. The van der Waals surface area contributed by atoms with Crippen molar-refractivity contribution in [2.75, 3.05) is 13.7 Å². The van der Waals surface area contributed by atoms with Gasteiger partial charge in [-0.05, 0) is 67.4 Å². The molecule has 0 bridgehead atoms. The summed E-state index contributed by atoms with van der Waals surface area (Å²) in [5.74, 6) is -0.188. The number of carbonyl (C=O) groups is 2. The van der Waals surface area contributed by atoms with Crippen LogP contribution in [0.15, 0.2) is 48.5 Å². The molecule has 1 amide bonds. The van der Waals surface area contributed by atoms with Crippen LogP contribution in [0, 0.1) is 0 Å². The van der Waals surface area contributed by atoms with E-state index >= 15 is 0 Å². The highest BCUT2D eigenvalue weighted by Crippen LogP contribution is 2.36. The van der Waals surface area contributed by atoms with Gasteiger partial charge in [0, 0.05) is 28.4 Å². The molecular formula is C24H26ClN3O4. The number of esters is 1. The molecule has 3 rings (SSSR count). The predicted octanol–water partition coefficient (Wildman–Crippen LogP) is 3.86. The number of aromatic nitrogens is 1. The van der Waals surface area contributed by atoms with Gasteiger partial charge in [-0.3, -0.25) is 9.59 Å². The van der Waals surface area contributed by atoms with Gasteiger partial charge in [0.15, 0.2) is 0 Å². The van der Waals surface area contributed by atoms with Crippen LogP contribution in [-0.4, -0.2) is 30.2 Å². The third-order valence-corrected chi connectivity index (χ3v) is 5.35. The normalized spacial score (nSPS) is 10.8. The molecule has 0 aliphatic heterocycles. The molecule has 0 atom stereocenters. The molecular weight excluding hydrogens is 430 g/mol. The van der Waals surface area contributed by atoms with Crippen LogP contribution in [0.5, 0.6) is 5.75 Å². The number of hydrogen-bond donors (Lipinski definition) is 2. The molecule has 0 saturated heterocycles. The van der Waals surface area contributed by atoms with Crippen LogP contribution in [0.25, 0.3) is 16.9 Å². The minimum Gasteiger partial charge on any atom is -0.496 e. The molecule has 8 heteroatoms. The molecule has 168 valence electrons. The van der Waals surface area contributed by atoms with Gasteiger partial charge in [0.1, 0.15) is 5.75 Å². The van der Waals surface area contributed by atoms with Gasteiger partial charge >= 0.3 is 5.97 Å². The van der Waals surface area contributed by atoms with Crippen LogP contribution < -0.4 is 16.2 Å². The molecule has 1 heterocycles. The molecule has 0 spiro atoms. The Morgan fingerprint density at radius 3 is 2.53 bits per heavy atom. The van der Waals surface area contributed by atoms with Crippen molar-refractivity contribution in [2.45, 2.75) is 26.3 Å². The highest BCUT2D eigenvalue weighted by atomic mass is 35.5. The highest BCUT2D eigenvalue weighted by Gasteiger charge is 2.19. The molecule has 0 radical (unpaired) electrons. The average Bonchev–Trinajstić information content (AvgIpc) is 3.20. The second-order valence-electron chi connectivity index (χ2n) is 7.11. The summed E-state index contributed by atoms with van der Waals surface area (Å²) in [6.45, 7) is 2.31. The molecule has 2 aromatic carbocycles. The van der Waals surface area contributed by atoms with E-state index in [2.05, 4.69) is 0 Å². The minimum absolute atomic E-state index is 0.198. The Bertz CT molecular complexity index is 1140. The molecule has 4 N–H and O–H groups in total. The summed E-state index contributed by atoms with van der Waals surface area (Å²) < 4.78 is 12.7. The van der Waals surface area contributed by atoms with Gasteiger partial charge in [-0.15, -0.1) is 0 Å². The zero-order valence-electron chi connectivity index (χ0n) is 18.1. The van der Waals surface area contributed by atoms with Gasteiger partial charge in [-0.2, -0.15) is 0 Å². The smallest absolute Gasteiger partial charge is 0.306 e. The van der Waals surface area contributed by atoms with E-state index in [1.807, 2.05) is 28.8 Å². The Morgan fingerprint density at radius 1 is 1.09 bits per heavy atom. The number of primary amides is 1. The van der Waals surface area contributed by atoms with E-state index in [0.29, 0.717) is 29.4 Å². The maximum absolute atomic E-state index is 12.0. The summed E-state index contributed by atoms with van der Waals surface area (Å²) in [6.07, 6.45) is 0.683. The fraction of sp³-hybridized carbons (Fsp3) is 0.250. The van der Waals surface area contributed by atoms with E-state index in [1.165, 1.54) is 0 Å². The summed E-state index contributed by atoms with van der Waals surface area (Å²) in [4.78, 5) is 23.7. The van der Waals surface area contributed by atoms with Crippen LogP contribution in [0.3, 0.4) is 0 Å². The number of ether oxygens (including phenoxy) is 2. The number of nitrogens with zero attached hydrogens (tertiary/aromatic N) is 1. The number of methoxy groups -OCH3 is 1. The monoisotopic (exact) mass is 455 g/mol. The fourth-order valence-corrected chi connectivity index (χ4v) is 3.79. The number of nitrogens with two attached hydrogens (primary N) is 2. The zero-order valence-corrected chi connectivity index (χ0v) is 18.8. The van der Waals surface area contributed by atoms with Gasteiger partial charge in [-0.25, -0.2) is 0 Å². The van der Waals surface area contributed by atoms with Gasteiger partial charge in [0.25, 0.3) is 0 Å². The third-order valence-electron chi connectivity index (χ3n) is 5.12. The van der Waals surface area contributed by atoms with E-state index in [9.17, 15) is 9.59 Å². The Morgan fingerprint density at radius 2 is 1.88 bits per heavy atom. The van der Waals surface area contributed by atoms with Gasteiger partial charge < -0.3 is 25.5 Å². The second-order valence-corrected chi connectivity index (χ2v) is 7.54. The molecule has 0 aliphatic carbocycles. The summed E-state index contributed by atoms with van der Waals surface area (Å²) in [5, 5.41) is 0.555. The topological polar surface area (TPSA) is 110 Å². The molecule has 32 heavy (non-hydrogen) atoms. The first kappa shape index (κ1) is 23.4. The highest BCUT2D eigenvalue weighted by molar-refractivity contribution is 6.30. The average molecular weight is 456 g/mol. The molecule has 0 unspecified atom stereocenters. The zero-order chi connectivity index (χ0) is 23.3. The first-order chi connectivity index (χ1) is 15.4. The summed E-state index contributed by atoms with van der Waals surface area (Å²) >= 11 is 6.16. The number of benzene rings is 2. The SMILES string of the molecule is CCOC(=O)CCc1ccc(-c2ccc(Cl)cc2OC)n1-c1ccc(C(N)=O)cc1CN. The van der Waals surface area contributed by atoms with Crippen LogP contribution in [0.4, 0.5) is 0 Å². The number of aryl methyl sites for hydroxylation is 1. The van der Waals surface area contributed by atoms with Crippen LogP contribution in [-0.2, 0) is 22.5 Å². The molecule has 0 fully saturated rings. The molecule has 0 saturated carbocycles. The van der Waals surface area contributed by atoms with Crippen molar-refractivity contribution in [3.63, 3.8) is 0 Å². The fourth-order valence-electron chi connectivity index (χ4n) is 3.63. The maximum atomic E-state index is 12.0. The van der Waals surface area contributed by atoms with Crippen molar-refractivity contribution in [3.05, 3.63) is 70.4 Å². The van der Waals surface area contributed by atoms with E-state index in [-0.39, 0.29) is 18.9 Å². The molecule has 3 aromatic rings. The lowest BCUT2D eigenvalue weighted by atomic mass is 10.1. The Balaban J connectivity index is 2.19. The first-order valence-electron chi connectivity index (χ1n) is 10.2. The molecule has 7 nitrogen and oxygen atoms in total. The number of carbonyl (C=O) groups excluding carboxylic acids is 2. The van der Waals surface area contributed by atoms with Crippen molar-refractivity contribution in [2.24, 2.45) is 11.5 Å². The Labute approximate surface area is 191 Å². The van der Waals surface area contributed by atoms with Crippen molar-refractivity contribution in [1.29, 1.82) is 0 Å². The summed E-state index contributed by atoms with van der Waals surface area (Å²) in [5.41, 5.74) is 15.9. The molecule has 0 aliphatic rings. The van der Waals surface area contributed by atoms with E-state index in [0.717, 1.165) is 28.2 Å². The van der Waals surface area contributed by atoms with Crippen molar-refractivity contribution >= 4 is 23.5 Å². The van der Waals surface area contributed by atoms with E-state index in [1.54, 1.807) is 38.3 Å². The van der Waals surface area contributed by atoms with Crippen LogP contribution in [0.1, 0.15) is 35.0 Å². The largest absolute Gasteiger partial charge is 0.496 e. The number of rotatable bonds is 9. The van der Waals surface area contributed by atoms with Crippen molar-refractivity contribution < 1.29 is 19.1 Å². The quantitative estimate of drug-likeness (QED) is 0.476. The summed E-state index contributed by atoms with van der Waals surface area (Å²) in [7, 11) is 1.58. The van der Waals surface area contributed by atoms with Crippen LogP contribution in [0.2, 0.25) is 5.02 Å². The summed E-state index contributed by atoms with van der Waals surface area (Å²) in [6, 6.07) is 14.5. The first-order valence-corrected chi connectivity index (χ1v) is 10.6. The van der Waals surface area contributed by atoms with Gasteiger partial charge in [0.2, 0.25) is 5.91 Å². The van der Waals surface area contributed by atoms with E-state index in [4.69, 9.17) is 32.5 Å².